The van der Waals surface area contributed by atoms with E-state index in [9.17, 15) is 9.18 Å². The Morgan fingerprint density at radius 1 is 1.23 bits per heavy atom. The summed E-state index contributed by atoms with van der Waals surface area (Å²) in [5.74, 6) is 0.185. The summed E-state index contributed by atoms with van der Waals surface area (Å²) < 4.78 is 31.2. The van der Waals surface area contributed by atoms with Crippen molar-refractivity contribution in [2.24, 2.45) is 0 Å². The number of hydrogen-bond acceptors (Lipinski definition) is 6. The van der Waals surface area contributed by atoms with E-state index in [-0.39, 0.29) is 24.3 Å². The number of carbonyl (C=O) groups excluding carboxylic acids is 1. The van der Waals surface area contributed by atoms with Crippen LogP contribution in [-0.2, 0) is 11.3 Å². The van der Waals surface area contributed by atoms with Crippen LogP contribution in [0.25, 0.3) is 11.3 Å². The van der Waals surface area contributed by atoms with Gasteiger partial charge in [0, 0.05) is 24.7 Å². The van der Waals surface area contributed by atoms with Gasteiger partial charge in [-0.1, -0.05) is 24.2 Å². The van der Waals surface area contributed by atoms with E-state index in [0.717, 1.165) is 6.42 Å². The lowest BCUT2D eigenvalue weighted by molar-refractivity contribution is 0.0638. The average molecular weight is 427 g/mol. The van der Waals surface area contributed by atoms with Crippen molar-refractivity contribution in [3.8, 4) is 11.3 Å². The maximum atomic E-state index is 14.6. The fraction of sp³-hybridized carbons (Fsp3) is 0.391. The Morgan fingerprint density at radius 3 is 2.68 bits per heavy atom. The molecule has 0 saturated carbocycles. The quantitative estimate of drug-likeness (QED) is 0.558. The van der Waals surface area contributed by atoms with Crippen LogP contribution in [0, 0.1) is 5.82 Å². The van der Waals surface area contributed by atoms with Crippen molar-refractivity contribution in [2.75, 3.05) is 31.2 Å². The first kappa shape index (κ1) is 21.1. The predicted molar refractivity (Wildman–Crippen MR) is 113 cm³/mol. The molecule has 1 aliphatic rings. The molecule has 1 fully saturated rings. The van der Waals surface area contributed by atoms with Crippen LogP contribution in [-0.4, -0.2) is 48.3 Å². The van der Waals surface area contributed by atoms with Gasteiger partial charge in [-0.3, -0.25) is 4.79 Å². The molecule has 31 heavy (non-hydrogen) atoms. The summed E-state index contributed by atoms with van der Waals surface area (Å²) in [6, 6.07) is 9.71. The van der Waals surface area contributed by atoms with E-state index in [4.69, 9.17) is 13.7 Å². The van der Waals surface area contributed by atoms with Gasteiger partial charge < -0.3 is 23.5 Å². The maximum Gasteiger partial charge on any atom is 0.290 e. The van der Waals surface area contributed by atoms with Crippen LogP contribution < -0.4 is 4.90 Å². The van der Waals surface area contributed by atoms with Crippen LogP contribution in [0.2, 0.25) is 0 Å². The lowest BCUT2D eigenvalue weighted by Gasteiger charge is -2.30. The van der Waals surface area contributed by atoms with E-state index in [1.54, 1.807) is 35.2 Å². The molecule has 164 valence electrons. The topological polar surface area (TPSA) is 72.0 Å². The lowest BCUT2D eigenvalue weighted by atomic mass is 10.0. The minimum Gasteiger partial charge on any atom is -0.459 e. The van der Waals surface area contributed by atoms with Crippen molar-refractivity contribution in [3.05, 3.63) is 59.8 Å². The Labute approximate surface area is 180 Å². The third-order valence-corrected chi connectivity index (χ3v) is 5.64. The van der Waals surface area contributed by atoms with Gasteiger partial charge in [-0.15, -0.1) is 0 Å². The molecule has 1 aromatic carbocycles. The molecule has 1 aliphatic heterocycles. The number of aromatic nitrogens is 1. The van der Waals surface area contributed by atoms with Gasteiger partial charge in [0.25, 0.3) is 5.91 Å². The van der Waals surface area contributed by atoms with Gasteiger partial charge in [-0.25, -0.2) is 4.39 Å². The van der Waals surface area contributed by atoms with Crippen molar-refractivity contribution in [3.63, 3.8) is 0 Å². The smallest absolute Gasteiger partial charge is 0.290 e. The number of ether oxygens (including phenoxy) is 1. The summed E-state index contributed by atoms with van der Waals surface area (Å²) in [6.45, 7) is 6.61. The molecule has 1 saturated heterocycles. The van der Waals surface area contributed by atoms with Gasteiger partial charge in [0.1, 0.15) is 11.5 Å². The number of morpholine rings is 1. The molecule has 3 aromatic rings. The van der Waals surface area contributed by atoms with Crippen LogP contribution >= 0.6 is 0 Å². The number of rotatable bonds is 7. The Balaban J connectivity index is 1.77. The van der Waals surface area contributed by atoms with Crippen LogP contribution in [0.4, 0.5) is 10.3 Å². The standard InChI is InChI=1S/C23H26FN3O4/c1-3-16(2)27(22(28)20-9-6-12-30-20)15-18-21(17-7-4-5-8-19(17)24)25-31-23(18)26-10-13-29-14-11-26/h4-9,12,16H,3,10-11,13-15H2,1-2H3. The zero-order chi connectivity index (χ0) is 21.8. The molecule has 7 nitrogen and oxygen atoms in total. The minimum absolute atomic E-state index is 0.0708. The average Bonchev–Trinajstić information content (AvgIpc) is 3.48. The molecular formula is C23H26FN3O4. The molecule has 0 radical (unpaired) electrons. The fourth-order valence-electron chi connectivity index (χ4n) is 3.68. The second-order valence-electron chi connectivity index (χ2n) is 7.56. The van der Waals surface area contributed by atoms with Crippen LogP contribution in [0.3, 0.4) is 0 Å². The Kier molecular flexibility index (Phi) is 6.36. The van der Waals surface area contributed by atoms with Gasteiger partial charge in [0.2, 0.25) is 5.88 Å². The van der Waals surface area contributed by atoms with Gasteiger partial charge >= 0.3 is 0 Å². The molecule has 4 rings (SSSR count). The lowest BCUT2D eigenvalue weighted by Crippen LogP contribution is -2.39. The molecule has 1 amide bonds. The number of nitrogens with zero attached hydrogens (tertiary/aromatic N) is 3. The molecule has 8 heteroatoms. The summed E-state index contributed by atoms with van der Waals surface area (Å²) in [6.07, 6.45) is 2.23. The number of carbonyl (C=O) groups is 1. The molecule has 2 aromatic heterocycles. The zero-order valence-corrected chi connectivity index (χ0v) is 17.7. The summed E-state index contributed by atoms with van der Waals surface area (Å²) in [7, 11) is 0. The Morgan fingerprint density at radius 2 is 2.00 bits per heavy atom. The number of benzene rings is 1. The minimum atomic E-state index is -0.391. The Bertz CT molecular complexity index is 1010. The highest BCUT2D eigenvalue weighted by Crippen LogP contribution is 2.35. The highest BCUT2D eigenvalue weighted by atomic mass is 19.1. The zero-order valence-electron chi connectivity index (χ0n) is 17.7. The largest absolute Gasteiger partial charge is 0.459 e. The number of anilines is 1. The van der Waals surface area contributed by atoms with E-state index < -0.39 is 5.82 Å². The molecule has 0 bridgehead atoms. The first-order chi connectivity index (χ1) is 15.1. The highest BCUT2D eigenvalue weighted by Gasteiger charge is 2.30. The SMILES string of the molecule is CCC(C)N(Cc1c(-c2ccccc2F)noc1N1CCOCC1)C(=O)c1ccco1. The monoisotopic (exact) mass is 427 g/mol. The molecule has 0 N–H and O–H groups in total. The Hall–Kier alpha value is -3.13. The van der Waals surface area contributed by atoms with Crippen molar-refractivity contribution in [1.82, 2.24) is 10.1 Å². The van der Waals surface area contributed by atoms with E-state index >= 15 is 0 Å². The molecule has 1 unspecified atom stereocenters. The maximum absolute atomic E-state index is 14.6. The van der Waals surface area contributed by atoms with Crippen LogP contribution in [0.5, 0.6) is 0 Å². The number of hydrogen-bond donors (Lipinski definition) is 0. The van der Waals surface area contributed by atoms with Gasteiger partial charge in [-0.05, 0) is 37.6 Å². The van der Waals surface area contributed by atoms with E-state index in [1.807, 2.05) is 18.7 Å². The molecule has 3 heterocycles. The summed E-state index contributed by atoms with van der Waals surface area (Å²) in [5.41, 5.74) is 1.42. The summed E-state index contributed by atoms with van der Waals surface area (Å²) in [5, 5.41) is 4.22. The predicted octanol–water partition coefficient (Wildman–Crippen LogP) is 4.35. The highest BCUT2D eigenvalue weighted by molar-refractivity contribution is 5.92. The van der Waals surface area contributed by atoms with Crippen LogP contribution in [0.15, 0.2) is 51.6 Å². The first-order valence-corrected chi connectivity index (χ1v) is 10.5. The van der Waals surface area contributed by atoms with Gasteiger partial charge in [0.05, 0.1) is 31.6 Å². The molecular weight excluding hydrogens is 401 g/mol. The van der Waals surface area contributed by atoms with Gasteiger partial charge in [0.15, 0.2) is 5.76 Å². The number of halogens is 1. The third kappa shape index (κ3) is 4.34. The molecule has 0 aliphatic carbocycles. The number of amides is 1. The number of furan rings is 1. The van der Waals surface area contributed by atoms with Gasteiger partial charge in [-0.2, -0.15) is 0 Å². The van der Waals surface area contributed by atoms with Crippen molar-refractivity contribution in [2.45, 2.75) is 32.9 Å². The van der Waals surface area contributed by atoms with E-state index in [1.165, 1.54) is 12.3 Å². The van der Waals surface area contributed by atoms with Crippen LogP contribution in [0.1, 0.15) is 36.4 Å². The van der Waals surface area contributed by atoms with Crippen molar-refractivity contribution < 1.29 is 22.9 Å². The molecule has 0 spiro atoms. The third-order valence-electron chi connectivity index (χ3n) is 5.64. The second-order valence-corrected chi connectivity index (χ2v) is 7.56. The van der Waals surface area contributed by atoms with E-state index in [0.29, 0.717) is 49.0 Å². The van der Waals surface area contributed by atoms with Crippen molar-refractivity contribution in [1.29, 1.82) is 0 Å². The van der Waals surface area contributed by atoms with E-state index in [2.05, 4.69) is 5.16 Å². The fourth-order valence-corrected chi connectivity index (χ4v) is 3.68. The first-order valence-electron chi connectivity index (χ1n) is 10.5. The summed E-state index contributed by atoms with van der Waals surface area (Å²) in [4.78, 5) is 17.0. The van der Waals surface area contributed by atoms with Crippen molar-refractivity contribution >= 4 is 11.8 Å². The summed E-state index contributed by atoms with van der Waals surface area (Å²) >= 11 is 0. The second kappa shape index (κ2) is 9.34. The normalized spacial score (nSPS) is 15.1. The molecule has 1 atom stereocenters.